The summed E-state index contributed by atoms with van der Waals surface area (Å²) in [5.41, 5.74) is 0. The first-order chi connectivity index (χ1) is 6.36. The van der Waals surface area contributed by atoms with Crippen LogP contribution >= 0.6 is 0 Å². The van der Waals surface area contributed by atoms with Crippen molar-refractivity contribution in [3.8, 4) is 0 Å². The van der Waals surface area contributed by atoms with Gasteiger partial charge in [-0.05, 0) is 25.8 Å². The van der Waals surface area contributed by atoms with Crippen molar-refractivity contribution in [2.75, 3.05) is 7.05 Å². The maximum atomic E-state index is 10.5. The van der Waals surface area contributed by atoms with Crippen molar-refractivity contribution in [1.82, 2.24) is 5.32 Å². The second kappa shape index (κ2) is 6.14. The number of nitrogens with one attached hydrogen (secondary N) is 1. The van der Waals surface area contributed by atoms with Crippen LogP contribution in [0.4, 0.5) is 0 Å². The molecule has 76 valence electrons. The third-order valence-electron chi connectivity index (χ3n) is 3.15. The largest absolute Gasteiger partial charge is 0.311 e. The van der Waals surface area contributed by atoms with Crippen molar-refractivity contribution < 1.29 is 4.79 Å². The van der Waals surface area contributed by atoms with E-state index in [-0.39, 0.29) is 6.04 Å². The topological polar surface area (TPSA) is 29.1 Å². The quantitative estimate of drug-likeness (QED) is 0.662. The molecule has 13 heavy (non-hydrogen) atoms. The molecule has 1 aliphatic carbocycles. The first-order valence-corrected chi connectivity index (χ1v) is 5.49. The smallest absolute Gasteiger partial charge is 0.136 e. The zero-order chi connectivity index (χ0) is 9.52. The molecule has 0 aromatic heterocycles. The van der Waals surface area contributed by atoms with Gasteiger partial charge in [0.25, 0.3) is 0 Å². The average molecular weight is 183 g/mol. The van der Waals surface area contributed by atoms with Gasteiger partial charge in [0.05, 0.1) is 6.04 Å². The van der Waals surface area contributed by atoms with Gasteiger partial charge in [0.1, 0.15) is 6.29 Å². The summed E-state index contributed by atoms with van der Waals surface area (Å²) in [6.07, 6.45) is 10.3. The van der Waals surface area contributed by atoms with E-state index in [0.717, 1.165) is 18.6 Å². The van der Waals surface area contributed by atoms with E-state index in [0.29, 0.717) is 0 Å². The molecule has 0 radical (unpaired) electrons. The van der Waals surface area contributed by atoms with Gasteiger partial charge in [0, 0.05) is 0 Å². The highest BCUT2D eigenvalue weighted by atomic mass is 16.1. The van der Waals surface area contributed by atoms with Crippen LogP contribution in [0.3, 0.4) is 0 Å². The first-order valence-electron chi connectivity index (χ1n) is 5.49. The summed E-state index contributed by atoms with van der Waals surface area (Å²) in [6, 6.07) is 0.0851. The first kappa shape index (κ1) is 10.7. The summed E-state index contributed by atoms with van der Waals surface area (Å²) >= 11 is 0. The van der Waals surface area contributed by atoms with Crippen LogP contribution < -0.4 is 5.32 Å². The number of carbonyl (C=O) groups is 1. The highest BCUT2D eigenvalue weighted by molar-refractivity contribution is 5.57. The van der Waals surface area contributed by atoms with E-state index >= 15 is 0 Å². The van der Waals surface area contributed by atoms with E-state index in [1.807, 2.05) is 7.05 Å². The molecule has 1 atom stereocenters. The van der Waals surface area contributed by atoms with Crippen molar-refractivity contribution >= 4 is 6.29 Å². The lowest BCUT2D eigenvalue weighted by Gasteiger charge is -2.22. The van der Waals surface area contributed by atoms with Crippen LogP contribution in [0.2, 0.25) is 0 Å². The number of rotatable bonds is 5. The molecule has 0 aromatic rings. The summed E-state index contributed by atoms with van der Waals surface area (Å²) in [6.45, 7) is 0. The predicted molar refractivity (Wildman–Crippen MR) is 54.7 cm³/mol. The Morgan fingerprint density at radius 3 is 2.62 bits per heavy atom. The Balaban J connectivity index is 2.12. The fourth-order valence-corrected chi connectivity index (χ4v) is 2.17. The minimum atomic E-state index is 0.0851. The van der Waals surface area contributed by atoms with Gasteiger partial charge < -0.3 is 10.1 Å². The summed E-state index contributed by atoms with van der Waals surface area (Å²) < 4.78 is 0. The molecule has 0 bridgehead atoms. The average Bonchev–Trinajstić information content (AvgIpc) is 2.21. The Labute approximate surface area is 81.1 Å². The minimum absolute atomic E-state index is 0.0851. The third kappa shape index (κ3) is 3.90. The van der Waals surface area contributed by atoms with Crippen molar-refractivity contribution in [2.24, 2.45) is 5.92 Å². The molecule has 0 saturated heterocycles. The van der Waals surface area contributed by atoms with Gasteiger partial charge in [0.2, 0.25) is 0 Å². The van der Waals surface area contributed by atoms with Gasteiger partial charge in [-0.15, -0.1) is 0 Å². The number of aldehydes is 1. The summed E-state index contributed by atoms with van der Waals surface area (Å²) in [7, 11) is 1.86. The van der Waals surface area contributed by atoms with Crippen LogP contribution in [0.15, 0.2) is 0 Å². The van der Waals surface area contributed by atoms with Gasteiger partial charge in [-0.25, -0.2) is 0 Å². The van der Waals surface area contributed by atoms with E-state index in [1.54, 1.807) is 0 Å². The number of carbonyl (C=O) groups excluding carboxylic acids is 1. The fraction of sp³-hybridized carbons (Fsp3) is 0.909. The second-order valence-electron chi connectivity index (χ2n) is 4.11. The van der Waals surface area contributed by atoms with E-state index in [9.17, 15) is 4.79 Å². The molecule has 0 amide bonds. The van der Waals surface area contributed by atoms with Gasteiger partial charge in [-0.3, -0.25) is 0 Å². The second-order valence-corrected chi connectivity index (χ2v) is 4.11. The molecule has 2 nitrogen and oxygen atoms in total. The monoisotopic (exact) mass is 183 g/mol. The molecule has 0 aromatic carbocycles. The van der Waals surface area contributed by atoms with Crippen LogP contribution in [0.1, 0.15) is 44.9 Å². The standard InChI is InChI=1S/C11H21NO/c1-12-11(9-13)8-7-10-5-3-2-4-6-10/h9-12H,2-8H2,1H3/t11-/m0/s1. The Kier molecular flexibility index (Phi) is 5.06. The summed E-state index contributed by atoms with van der Waals surface area (Å²) in [4.78, 5) is 10.5. The van der Waals surface area contributed by atoms with Crippen LogP contribution in [0, 0.1) is 5.92 Å². The molecule has 1 aliphatic rings. The maximum Gasteiger partial charge on any atom is 0.136 e. The normalized spacial score (nSPS) is 21.3. The van der Waals surface area contributed by atoms with Crippen LogP contribution in [0.25, 0.3) is 0 Å². The zero-order valence-electron chi connectivity index (χ0n) is 8.59. The predicted octanol–water partition coefficient (Wildman–Crippen LogP) is 2.13. The van der Waals surface area contributed by atoms with Gasteiger partial charge in [0.15, 0.2) is 0 Å². The van der Waals surface area contributed by atoms with Crippen LogP contribution in [-0.4, -0.2) is 19.4 Å². The molecule has 1 rings (SSSR count). The van der Waals surface area contributed by atoms with E-state index in [4.69, 9.17) is 0 Å². The molecular weight excluding hydrogens is 162 g/mol. The lowest BCUT2D eigenvalue weighted by Crippen LogP contribution is -2.27. The zero-order valence-corrected chi connectivity index (χ0v) is 8.59. The highest BCUT2D eigenvalue weighted by Crippen LogP contribution is 2.27. The maximum absolute atomic E-state index is 10.5. The molecule has 0 heterocycles. The minimum Gasteiger partial charge on any atom is -0.311 e. The van der Waals surface area contributed by atoms with Crippen molar-refractivity contribution in [3.63, 3.8) is 0 Å². The third-order valence-corrected chi connectivity index (χ3v) is 3.15. The molecule has 0 aliphatic heterocycles. The van der Waals surface area contributed by atoms with Crippen molar-refractivity contribution in [2.45, 2.75) is 51.0 Å². The molecular formula is C11H21NO. The Morgan fingerprint density at radius 1 is 1.38 bits per heavy atom. The van der Waals surface area contributed by atoms with Crippen molar-refractivity contribution in [1.29, 1.82) is 0 Å². The Hall–Kier alpha value is -0.370. The lowest BCUT2D eigenvalue weighted by atomic mass is 9.85. The molecule has 1 N–H and O–H groups in total. The molecule has 2 heteroatoms. The van der Waals surface area contributed by atoms with Crippen LogP contribution in [-0.2, 0) is 4.79 Å². The van der Waals surface area contributed by atoms with Crippen LogP contribution in [0.5, 0.6) is 0 Å². The van der Waals surface area contributed by atoms with E-state index in [2.05, 4.69) is 5.32 Å². The highest BCUT2D eigenvalue weighted by Gasteiger charge is 2.14. The SMILES string of the molecule is CN[C@H](C=O)CCC1CCCCC1. The van der Waals surface area contributed by atoms with E-state index < -0.39 is 0 Å². The molecule has 1 saturated carbocycles. The van der Waals surface area contributed by atoms with Gasteiger partial charge >= 0.3 is 0 Å². The van der Waals surface area contributed by atoms with Gasteiger partial charge in [-0.2, -0.15) is 0 Å². The molecule has 0 spiro atoms. The fourth-order valence-electron chi connectivity index (χ4n) is 2.17. The van der Waals surface area contributed by atoms with E-state index in [1.165, 1.54) is 38.5 Å². The summed E-state index contributed by atoms with van der Waals surface area (Å²) in [5, 5.41) is 3.02. The van der Waals surface area contributed by atoms with Gasteiger partial charge in [-0.1, -0.05) is 32.1 Å². The number of hydrogen-bond acceptors (Lipinski definition) is 2. The molecule has 1 fully saturated rings. The Morgan fingerprint density at radius 2 is 2.08 bits per heavy atom. The lowest BCUT2D eigenvalue weighted by molar-refractivity contribution is -0.109. The van der Waals surface area contributed by atoms with Crippen molar-refractivity contribution in [3.05, 3.63) is 0 Å². The number of hydrogen-bond donors (Lipinski definition) is 1. The number of likely N-dealkylation sites (N-methyl/N-ethyl adjacent to an activating group) is 1. The summed E-state index contributed by atoms with van der Waals surface area (Å²) in [5.74, 6) is 0.893. The molecule has 0 unspecified atom stereocenters. The Bertz CT molecular complexity index is 141.